The van der Waals surface area contributed by atoms with Crippen molar-refractivity contribution in [2.24, 2.45) is 5.92 Å². The number of nitrogens with zero attached hydrogens (tertiary/aromatic N) is 3. The minimum Gasteiger partial charge on any atom is -0.500 e. The van der Waals surface area contributed by atoms with E-state index in [0.29, 0.717) is 17.8 Å². The van der Waals surface area contributed by atoms with Crippen LogP contribution < -0.4 is 4.40 Å². The van der Waals surface area contributed by atoms with Gasteiger partial charge < -0.3 is 8.98 Å². The summed E-state index contributed by atoms with van der Waals surface area (Å²) >= 11 is -1.86. The van der Waals surface area contributed by atoms with Crippen LogP contribution in [0.2, 0.25) is 17.3 Å². The molecule has 6 aromatic carbocycles. The molecule has 0 unspecified atom stereocenters. The predicted molar refractivity (Wildman–Crippen MR) is 266 cm³/mol. The van der Waals surface area contributed by atoms with Gasteiger partial charge in [0.05, 0.1) is 22.4 Å². The van der Waals surface area contributed by atoms with Crippen LogP contribution >= 0.6 is 0 Å². The minimum absolute atomic E-state index is 0. The zero-order valence-corrected chi connectivity index (χ0v) is 43.1. The number of para-hydroxylation sites is 2. The van der Waals surface area contributed by atoms with Gasteiger partial charge in [0.15, 0.2) is 0 Å². The van der Waals surface area contributed by atoms with Gasteiger partial charge in [-0.2, -0.15) is 0 Å². The Morgan fingerprint density at radius 3 is 2.00 bits per heavy atom. The van der Waals surface area contributed by atoms with Gasteiger partial charge in [-0.3, -0.25) is 4.98 Å². The van der Waals surface area contributed by atoms with Gasteiger partial charge in [0.2, 0.25) is 0 Å². The van der Waals surface area contributed by atoms with Crippen molar-refractivity contribution in [2.75, 3.05) is 0 Å². The summed E-state index contributed by atoms with van der Waals surface area (Å²) in [5, 5.41) is 2.27. The van der Waals surface area contributed by atoms with Gasteiger partial charge in [-0.25, -0.2) is 0 Å². The molecule has 4 nitrogen and oxygen atoms in total. The first-order valence-electron chi connectivity index (χ1n) is 22.2. The second-order valence-corrected chi connectivity index (χ2v) is 29.5. The first-order chi connectivity index (χ1) is 29.7. The number of rotatable bonds is 9. The first kappa shape index (κ1) is 45.9. The fourth-order valence-electron chi connectivity index (χ4n) is 8.82. The Hall–Kier alpha value is -5.07. The molecule has 0 fully saturated rings. The molecule has 9 aromatic rings. The van der Waals surface area contributed by atoms with Gasteiger partial charge in [0.25, 0.3) is 0 Å². The van der Waals surface area contributed by atoms with Gasteiger partial charge in [-0.1, -0.05) is 93.2 Å². The van der Waals surface area contributed by atoms with Crippen LogP contribution in [-0.4, -0.2) is 27.8 Å². The molecule has 0 spiro atoms. The molecule has 6 heteroatoms. The van der Waals surface area contributed by atoms with Crippen molar-refractivity contribution in [3.63, 3.8) is 0 Å². The van der Waals surface area contributed by atoms with Crippen LogP contribution in [0.25, 0.3) is 72.4 Å². The quantitative estimate of drug-likeness (QED) is 0.107. The van der Waals surface area contributed by atoms with E-state index in [-0.39, 0.29) is 20.1 Å². The van der Waals surface area contributed by atoms with Gasteiger partial charge in [0.1, 0.15) is 5.58 Å². The Morgan fingerprint density at radius 2 is 1.35 bits per heavy atom. The van der Waals surface area contributed by atoms with E-state index >= 15 is 0 Å². The van der Waals surface area contributed by atoms with Crippen LogP contribution in [0.15, 0.2) is 132 Å². The van der Waals surface area contributed by atoms with Crippen molar-refractivity contribution < 1.29 is 24.5 Å². The predicted octanol–water partition coefficient (Wildman–Crippen LogP) is 15.2. The first-order valence-corrected chi connectivity index (χ1v) is 29.6. The van der Waals surface area contributed by atoms with E-state index in [1.807, 2.05) is 24.3 Å². The summed E-state index contributed by atoms with van der Waals surface area (Å²) in [6, 6.07) is 49.5. The molecule has 0 bridgehead atoms. The number of hydrogen-bond donors (Lipinski definition) is 0. The van der Waals surface area contributed by atoms with E-state index in [1.54, 1.807) is 4.40 Å². The Labute approximate surface area is 390 Å². The van der Waals surface area contributed by atoms with Gasteiger partial charge in [0, 0.05) is 31.2 Å². The van der Waals surface area contributed by atoms with Crippen LogP contribution in [0.3, 0.4) is 0 Å². The molecule has 0 saturated carbocycles. The van der Waals surface area contributed by atoms with Gasteiger partial charge in [-0.05, 0) is 83.3 Å². The molecule has 323 valence electrons. The molecule has 1 radical (unpaired) electrons. The van der Waals surface area contributed by atoms with Crippen molar-refractivity contribution in [2.45, 2.75) is 90.9 Å². The normalized spacial score (nSPS) is 11.8. The summed E-state index contributed by atoms with van der Waals surface area (Å²) in [5.41, 5.74) is 16.9. The van der Waals surface area contributed by atoms with Crippen LogP contribution in [-0.2, 0) is 26.5 Å². The third kappa shape index (κ3) is 9.30. The minimum atomic E-state index is -1.86. The van der Waals surface area contributed by atoms with E-state index < -0.39 is 13.3 Å². The fraction of sp³-hybridized carbons (Fsp3) is 0.263. The molecule has 9 rings (SSSR count). The van der Waals surface area contributed by atoms with E-state index in [4.69, 9.17) is 14.4 Å². The van der Waals surface area contributed by atoms with Crippen LogP contribution in [0, 0.1) is 31.9 Å². The molecule has 0 aliphatic rings. The summed E-state index contributed by atoms with van der Waals surface area (Å²) in [5.74, 6) is 9.44. The average Bonchev–Trinajstić information content (AvgIpc) is 3.85. The van der Waals surface area contributed by atoms with Gasteiger partial charge in [-0.15, -0.1) is 18.2 Å². The second-order valence-electron chi connectivity index (χ2n) is 18.9. The summed E-state index contributed by atoms with van der Waals surface area (Å²) < 4.78 is 10.6. The van der Waals surface area contributed by atoms with Crippen molar-refractivity contribution >= 4 is 50.6 Å². The van der Waals surface area contributed by atoms with E-state index in [9.17, 15) is 0 Å². The Morgan fingerprint density at radius 1 is 0.683 bits per heavy atom. The fourth-order valence-corrected chi connectivity index (χ4v) is 12.2. The number of furan rings is 1. The number of pyridine rings is 1. The molecule has 0 aliphatic carbocycles. The van der Waals surface area contributed by atoms with Crippen LogP contribution in [0.4, 0.5) is 0 Å². The number of hydrogen-bond acceptors (Lipinski definition) is 3. The second kappa shape index (κ2) is 19.0. The van der Waals surface area contributed by atoms with Gasteiger partial charge >= 0.3 is 126 Å². The van der Waals surface area contributed by atoms with Crippen molar-refractivity contribution in [3.05, 3.63) is 167 Å². The van der Waals surface area contributed by atoms with Crippen molar-refractivity contribution in [3.8, 4) is 39.5 Å². The Bertz CT molecular complexity index is 3000. The number of aryl methyl sites for hydroxylation is 2. The molecule has 0 aliphatic heterocycles. The molecule has 0 atom stereocenters. The topological polar surface area (TPSA) is 43.9 Å². The molecular weight excluding hydrogens is 1010 g/mol. The SMILES string of the molecule is CC(C)Cc1cc(-c2[c-]cccc2)nc[c]1[Ge]([CH3])([CH3])[CH3].Cc1ccc(C)c2c1oc1c(-c3nc4ccccc4n3-c3c(C(C)C)cc(-c4ccccc4)cc3C(C)C)[c-]ccc12.[Ir]. The molecule has 0 saturated heterocycles. The average molecular weight is 1070 g/mol. The van der Waals surface area contributed by atoms with E-state index in [1.165, 1.54) is 44.5 Å². The maximum atomic E-state index is 6.68. The smallest absolute Gasteiger partial charge is 0.124 e. The molecule has 3 aromatic heterocycles. The number of imidazole rings is 1. The van der Waals surface area contributed by atoms with E-state index in [2.05, 4.69) is 193 Å². The third-order valence-electron chi connectivity index (χ3n) is 11.9. The molecule has 63 heavy (non-hydrogen) atoms. The standard InChI is InChI=1S/C39H35N2O.C18H24GeN.Ir/c1-23(2)31-21-28(27-13-8-7-9-14-27)22-32(24(3)4)36(31)41-34-18-11-10-17-33(34)40-39(41)30-16-12-15-29-35-25(5)19-20-26(6)37(35)42-38(29)30;1-14(2)11-16-12-18(15-9-7-6-8-10-15)20-13-17(16)19(3,4)5;/h7-15,17-24H,1-6H3;6-9,12-14H,11H2,1-5H3;/q2*-1;. The summed E-state index contributed by atoms with van der Waals surface area (Å²) in [4.78, 5) is 9.98. The molecule has 0 amide bonds. The number of aromatic nitrogens is 3. The van der Waals surface area contributed by atoms with E-state index in [0.717, 1.165) is 62.2 Å². The molecular formula is C57H59GeIrN3O-2. The van der Waals surface area contributed by atoms with Crippen LogP contribution in [0.5, 0.6) is 0 Å². The summed E-state index contributed by atoms with van der Waals surface area (Å²) in [6.45, 7) is 18.0. The number of benzene rings is 6. The number of fused-ring (bicyclic) bond motifs is 4. The van der Waals surface area contributed by atoms with Crippen molar-refractivity contribution in [1.82, 2.24) is 14.5 Å². The molecule has 3 heterocycles. The Balaban J connectivity index is 0.000000239. The Kier molecular flexibility index (Phi) is 13.8. The summed E-state index contributed by atoms with van der Waals surface area (Å²) in [6.07, 6.45) is 3.27. The van der Waals surface area contributed by atoms with Crippen LogP contribution in [0.1, 0.15) is 81.2 Å². The maximum Gasteiger partial charge on any atom is 0.124 e. The zero-order chi connectivity index (χ0) is 43.9. The summed E-state index contributed by atoms with van der Waals surface area (Å²) in [7, 11) is 0. The monoisotopic (exact) mass is 1070 g/mol. The van der Waals surface area contributed by atoms with Crippen molar-refractivity contribution in [1.29, 1.82) is 0 Å². The molecule has 0 N–H and O–H groups in total. The zero-order valence-electron chi connectivity index (χ0n) is 38.6. The maximum absolute atomic E-state index is 6.68. The largest absolute Gasteiger partial charge is 0.500 e. The third-order valence-corrected chi connectivity index (χ3v) is 16.3.